The van der Waals surface area contributed by atoms with E-state index in [0.29, 0.717) is 12.0 Å². The van der Waals surface area contributed by atoms with E-state index >= 15 is 0 Å². The second-order valence-corrected chi connectivity index (χ2v) is 7.72. The third-order valence-corrected chi connectivity index (χ3v) is 4.58. The van der Waals surface area contributed by atoms with E-state index in [4.69, 9.17) is 12.2 Å². The molecule has 0 saturated carbocycles. The lowest BCUT2D eigenvalue weighted by molar-refractivity contribution is 0.0975. The lowest BCUT2D eigenvalue weighted by Crippen LogP contribution is -2.50. The second kappa shape index (κ2) is 8.80. The Kier molecular flexibility index (Phi) is 7.01. The van der Waals surface area contributed by atoms with Gasteiger partial charge in [-0.05, 0) is 49.0 Å². The molecule has 4 nitrogen and oxygen atoms in total. The highest BCUT2D eigenvalue weighted by atomic mass is 79.9. The van der Waals surface area contributed by atoms with Gasteiger partial charge in [-0.15, -0.1) is 12.6 Å². The van der Waals surface area contributed by atoms with Gasteiger partial charge in [0.2, 0.25) is 0 Å². The van der Waals surface area contributed by atoms with Crippen LogP contribution in [0.3, 0.4) is 0 Å². The minimum atomic E-state index is -0.843. The molecular weight excluding hydrogens is 420 g/mol. The average molecular weight is 439 g/mol. The minimum Gasteiger partial charge on any atom is -0.383 e. The Labute approximate surface area is 166 Å². The minimum absolute atomic E-state index is 0.185. The van der Waals surface area contributed by atoms with E-state index in [1.54, 1.807) is 24.3 Å². The summed E-state index contributed by atoms with van der Waals surface area (Å²) in [5, 5.41) is 15.8. The van der Waals surface area contributed by atoms with Gasteiger partial charge in [-0.1, -0.05) is 46.3 Å². The maximum absolute atomic E-state index is 12.2. The first-order valence-electron chi connectivity index (χ1n) is 7.61. The fraction of sp³-hybridized carbons (Fsp3) is 0.222. The predicted molar refractivity (Wildman–Crippen MR) is 111 cm³/mol. The van der Waals surface area contributed by atoms with E-state index in [9.17, 15) is 9.90 Å². The van der Waals surface area contributed by atoms with Crippen molar-refractivity contribution < 1.29 is 9.90 Å². The number of halogens is 1. The highest BCUT2D eigenvalue weighted by Crippen LogP contribution is 2.29. The van der Waals surface area contributed by atoms with Crippen molar-refractivity contribution >= 4 is 51.8 Å². The zero-order valence-electron chi connectivity index (χ0n) is 13.6. The van der Waals surface area contributed by atoms with Gasteiger partial charge in [0.05, 0.1) is 11.0 Å². The summed E-state index contributed by atoms with van der Waals surface area (Å²) in [4.78, 5) is 12.2. The molecule has 0 spiro atoms. The number of aliphatic hydroxyl groups is 1. The Morgan fingerprint density at radius 3 is 2.56 bits per heavy atom. The van der Waals surface area contributed by atoms with Crippen LogP contribution >= 0.6 is 40.8 Å². The molecule has 0 radical (unpaired) electrons. The standard InChI is InChI=1S/C18H19BrN2O2S2/c1-18(11-15(22)24,13-8-5-9-14(19)10-13)21-17(25)20-16(23)12-6-3-2-4-7-12/h2-10,15,22,24H,11H2,1H3,(H2,20,21,23,25). The van der Waals surface area contributed by atoms with Gasteiger partial charge >= 0.3 is 0 Å². The van der Waals surface area contributed by atoms with E-state index in [0.717, 1.165) is 10.0 Å². The predicted octanol–water partition coefficient (Wildman–Crippen LogP) is 3.61. The Bertz CT molecular complexity index is 756. The maximum Gasteiger partial charge on any atom is 0.257 e. The molecule has 0 saturated heterocycles. The molecule has 0 fully saturated rings. The first-order chi connectivity index (χ1) is 11.8. The van der Waals surface area contributed by atoms with E-state index in [-0.39, 0.29) is 11.0 Å². The average Bonchev–Trinajstić information content (AvgIpc) is 2.54. The SMILES string of the molecule is CC(CC(O)S)(NC(=S)NC(=O)c1ccccc1)c1cccc(Br)c1. The van der Waals surface area contributed by atoms with Gasteiger partial charge in [-0.25, -0.2) is 0 Å². The van der Waals surface area contributed by atoms with Crippen molar-refractivity contribution in [3.05, 3.63) is 70.2 Å². The molecule has 25 heavy (non-hydrogen) atoms. The number of carbonyl (C=O) groups is 1. The molecule has 7 heteroatoms. The molecule has 0 aliphatic heterocycles. The molecule has 2 rings (SSSR count). The normalized spacial score (nSPS) is 14.2. The quantitative estimate of drug-likeness (QED) is 0.327. The number of hydrogen-bond donors (Lipinski definition) is 4. The van der Waals surface area contributed by atoms with E-state index in [1.807, 2.05) is 37.3 Å². The molecule has 1 amide bonds. The van der Waals surface area contributed by atoms with E-state index < -0.39 is 11.0 Å². The van der Waals surface area contributed by atoms with Crippen molar-refractivity contribution in [3.8, 4) is 0 Å². The van der Waals surface area contributed by atoms with E-state index in [1.165, 1.54) is 0 Å². The highest BCUT2D eigenvalue weighted by Gasteiger charge is 2.30. The summed E-state index contributed by atoms with van der Waals surface area (Å²) in [6.07, 6.45) is 0.300. The molecule has 0 aliphatic carbocycles. The highest BCUT2D eigenvalue weighted by molar-refractivity contribution is 9.10. The summed E-state index contributed by atoms with van der Waals surface area (Å²) in [5.74, 6) is -0.291. The summed E-state index contributed by atoms with van der Waals surface area (Å²) >= 11 is 12.8. The Morgan fingerprint density at radius 1 is 1.28 bits per heavy atom. The van der Waals surface area contributed by atoms with Crippen molar-refractivity contribution in [2.45, 2.75) is 24.3 Å². The van der Waals surface area contributed by atoms with Gasteiger partial charge < -0.3 is 10.4 Å². The van der Waals surface area contributed by atoms with Gasteiger partial charge in [0.25, 0.3) is 5.91 Å². The van der Waals surface area contributed by atoms with Crippen LogP contribution in [0, 0.1) is 0 Å². The number of hydrogen-bond acceptors (Lipinski definition) is 4. The van der Waals surface area contributed by atoms with Crippen LogP contribution < -0.4 is 10.6 Å². The third-order valence-electron chi connectivity index (χ3n) is 3.71. The molecule has 132 valence electrons. The molecule has 0 heterocycles. The van der Waals surface area contributed by atoms with Crippen LogP contribution in [0.25, 0.3) is 0 Å². The van der Waals surface area contributed by atoms with Crippen LogP contribution in [0.4, 0.5) is 0 Å². The Morgan fingerprint density at radius 2 is 1.96 bits per heavy atom. The smallest absolute Gasteiger partial charge is 0.257 e. The van der Waals surface area contributed by atoms with Crippen LogP contribution in [0.1, 0.15) is 29.3 Å². The molecule has 0 aromatic heterocycles. The van der Waals surface area contributed by atoms with Gasteiger partial charge in [0.15, 0.2) is 5.11 Å². The molecular formula is C18H19BrN2O2S2. The monoisotopic (exact) mass is 438 g/mol. The van der Waals surface area contributed by atoms with Crippen LogP contribution in [0.2, 0.25) is 0 Å². The molecule has 2 aromatic rings. The van der Waals surface area contributed by atoms with Crippen LogP contribution in [0.15, 0.2) is 59.1 Å². The molecule has 2 aromatic carbocycles. The molecule has 2 unspecified atom stereocenters. The van der Waals surface area contributed by atoms with Crippen molar-refractivity contribution in [1.29, 1.82) is 0 Å². The Hall–Kier alpha value is -1.41. The summed E-state index contributed by atoms with van der Waals surface area (Å²) in [7, 11) is 0. The van der Waals surface area contributed by atoms with E-state index in [2.05, 4.69) is 39.2 Å². The molecule has 3 N–H and O–H groups in total. The zero-order chi connectivity index (χ0) is 18.4. The summed E-state index contributed by atoms with van der Waals surface area (Å²) in [6.45, 7) is 1.90. The number of amides is 1. The van der Waals surface area contributed by atoms with Gasteiger partial charge in [0.1, 0.15) is 0 Å². The lowest BCUT2D eigenvalue weighted by Gasteiger charge is -2.33. The lowest BCUT2D eigenvalue weighted by atomic mass is 9.89. The summed E-state index contributed by atoms with van der Waals surface area (Å²) < 4.78 is 0.908. The van der Waals surface area contributed by atoms with Crippen LogP contribution in [-0.2, 0) is 5.54 Å². The number of aliphatic hydroxyl groups excluding tert-OH is 1. The van der Waals surface area contributed by atoms with Gasteiger partial charge in [-0.3, -0.25) is 10.1 Å². The zero-order valence-corrected chi connectivity index (χ0v) is 16.9. The fourth-order valence-electron chi connectivity index (χ4n) is 2.48. The number of carbonyl (C=O) groups excluding carboxylic acids is 1. The maximum atomic E-state index is 12.2. The second-order valence-electron chi connectivity index (χ2n) is 5.80. The summed E-state index contributed by atoms with van der Waals surface area (Å²) in [6, 6.07) is 16.5. The fourth-order valence-corrected chi connectivity index (χ4v) is 3.57. The topological polar surface area (TPSA) is 61.4 Å². The molecule has 2 atom stereocenters. The third kappa shape index (κ3) is 5.81. The number of thiol groups is 1. The largest absolute Gasteiger partial charge is 0.383 e. The first kappa shape index (κ1) is 19.9. The van der Waals surface area contributed by atoms with Crippen molar-refractivity contribution in [2.24, 2.45) is 0 Å². The van der Waals surface area contributed by atoms with Crippen LogP contribution in [0.5, 0.6) is 0 Å². The van der Waals surface area contributed by atoms with Crippen molar-refractivity contribution in [3.63, 3.8) is 0 Å². The van der Waals surface area contributed by atoms with Gasteiger partial charge in [-0.2, -0.15) is 0 Å². The van der Waals surface area contributed by atoms with Crippen molar-refractivity contribution in [2.75, 3.05) is 0 Å². The number of nitrogens with one attached hydrogen (secondary N) is 2. The number of benzene rings is 2. The number of rotatable bonds is 5. The number of thiocarbonyl (C=S) groups is 1. The molecule has 0 aliphatic rings. The molecule has 0 bridgehead atoms. The Balaban J connectivity index is 2.16. The van der Waals surface area contributed by atoms with Gasteiger partial charge in [0, 0.05) is 16.5 Å². The summed E-state index contributed by atoms with van der Waals surface area (Å²) in [5.41, 5.74) is -0.119. The first-order valence-corrected chi connectivity index (χ1v) is 9.33. The van der Waals surface area contributed by atoms with Crippen molar-refractivity contribution in [1.82, 2.24) is 10.6 Å². The van der Waals surface area contributed by atoms with Crippen LogP contribution in [-0.4, -0.2) is 21.6 Å².